The van der Waals surface area contributed by atoms with E-state index in [9.17, 15) is 13.2 Å². The Bertz CT molecular complexity index is 1350. The summed E-state index contributed by atoms with van der Waals surface area (Å²) in [4.78, 5) is 17.2. The molecule has 0 bridgehead atoms. The maximum atomic E-state index is 13.1. The van der Waals surface area contributed by atoms with Crippen molar-refractivity contribution in [2.75, 3.05) is 44.8 Å². The largest absolute Gasteiger partial charge is 0.497 e. The molecule has 0 saturated carbocycles. The lowest BCUT2D eigenvalue weighted by atomic mass is 10.1. The van der Waals surface area contributed by atoms with Crippen LogP contribution in [0.25, 0.3) is 0 Å². The van der Waals surface area contributed by atoms with Crippen molar-refractivity contribution in [1.82, 2.24) is 9.80 Å². The SMILES string of the molecule is COc1ccc(NS(=O)(=O)c2cccc(C(=O)N3CCN(Cc4ccc5c(c4)OCO5)CC3)c2)cc1. The third kappa shape index (κ3) is 5.24. The second-order valence-electron chi connectivity index (χ2n) is 8.62. The van der Waals surface area contributed by atoms with Gasteiger partial charge in [0, 0.05) is 44.0 Å². The molecule has 36 heavy (non-hydrogen) atoms. The van der Waals surface area contributed by atoms with Crippen molar-refractivity contribution >= 4 is 21.6 Å². The van der Waals surface area contributed by atoms with E-state index < -0.39 is 10.0 Å². The number of benzene rings is 3. The van der Waals surface area contributed by atoms with Crippen molar-refractivity contribution in [3.05, 3.63) is 77.9 Å². The number of anilines is 1. The lowest BCUT2D eigenvalue weighted by Gasteiger charge is -2.34. The Hall–Kier alpha value is -3.76. The van der Waals surface area contributed by atoms with Crippen LogP contribution in [0.15, 0.2) is 71.6 Å². The smallest absolute Gasteiger partial charge is 0.261 e. The van der Waals surface area contributed by atoms with E-state index in [4.69, 9.17) is 14.2 Å². The maximum Gasteiger partial charge on any atom is 0.261 e. The molecule has 9 nitrogen and oxygen atoms in total. The number of carbonyl (C=O) groups is 1. The molecule has 2 heterocycles. The summed E-state index contributed by atoms with van der Waals surface area (Å²) in [6, 6.07) is 18.7. The number of methoxy groups -OCH3 is 1. The van der Waals surface area contributed by atoms with Gasteiger partial charge in [-0.1, -0.05) is 12.1 Å². The molecule has 0 atom stereocenters. The van der Waals surface area contributed by atoms with Crippen LogP contribution in [-0.4, -0.2) is 64.2 Å². The predicted molar refractivity (Wildman–Crippen MR) is 134 cm³/mol. The zero-order chi connectivity index (χ0) is 25.1. The molecule has 0 aromatic heterocycles. The number of fused-ring (bicyclic) bond motifs is 1. The number of ether oxygens (including phenoxy) is 3. The minimum Gasteiger partial charge on any atom is -0.497 e. The molecule has 1 amide bonds. The molecule has 2 aliphatic rings. The number of sulfonamides is 1. The van der Waals surface area contributed by atoms with Gasteiger partial charge in [0.15, 0.2) is 11.5 Å². The number of nitrogens with one attached hydrogen (secondary N) is 1. The van der Waals surface area contributed by atoms with Crippen LogP contribution in [0.2, 0.25) is 0 Å². The topological polar surface area (TPSA) is 97.4 Å². The van der Waals surface area contributed by atoms with Crippen molar-refractivity contribution in [3.63, 3.8) is 0 Å². The van der Waals surface area contributed by atoms with Crippen LogP contribution in [0.4, 0.5) is 5.69 Å². The first-order chi connectivity index (χ1) is 17.4. The van der Waals surface area contributed by atoms with Crippen LogP contribution in [0.3, 0.4) is 0 Å². The molecule has 0 radical (unpaired) electrons. The molecule has 2 aliphatic heterocycles. The molecule has 10 heteroatoms. The first kappa shape index (κ1) is 24.0. The Balaban J connectivity index is 1.20. The number of rotatable bonds is 7. The summed E-state index contributed by atoms with van der Waals surface area (Å²) in [5.41, 5.74) is 1.88. The lowest BCUT2D eigenvalue weighted by molar-refractivity contribution is 0.0628. The minimum absolute atomic E-state index is 0.0330. The fraction of sp³-hybridized carbons (Fsp3) is 0.269. The molecule has 1 fully saturated rings. The van der Waals surface area contributed by atoms with E-state index in [0.29, 0.717) is 30.1 Å². The standard InChI is InChI=1S/C26H27N3O6S/c1-33-22-8-6-21(7-9-22)27-36(31,32)23-4-2-3-20(16-23)26(30)29-13-11-28(12-14-29)17-19-5-10-24-25(15-19)35-18-34-24/h2-10,15-16,27H,11-14,17-18H2,1H3. The van der Waals surface area contributed by atoms with Crippen molar-refractivity contribution in [2.45, 2.75) is 11.4 Å². The van der Waals surface area contributed by atoms with Crippen molar-refractivity contribution in [3.8, 4) is 17.2 Å². The highest BCUT2D eigenvalue weighted by molar-refractivity contribution is 7.92. The van der Waals surface area contributed by atoms with Gasteiger partial charge in [-0.05, 0) is 60.2 Å². The van der Waals surface area contributed by atoms with E-state index in [2.05, 4.69) is 9.62 Å². The molecule has 1 N–H and O–H groups in total. The Labute approximate surface area is 210 Å². The number of piperazine rings is 1. The van der Waals surface area contributed by atoms with Crippen LogP contribution in [0, 0.1) is 0 Å². The number of hydrogen-bond donors (Lipinski definition) is 1. The normalized spacial score (nSPS) is 15.5. The van der Waals surface area contributed by atoms with Crippen molar-refractivity contribution in [2.24, 2.45) is 0 Å². The highest BCUT2D eigenvalue weighted by Crippen LogP contribution is 2.33. The quantitative estimate of drug-likeness (QED) is 0.523. The molecular weight excluding hydrogens is 482 g/mol. The maximum absolute atomic E-state index is 13.1. The van der Waals surface area contributed by atoms with E-state index in [0.717, 1.165) is 36.7 Å². The zero-order valence-corrected chi connectivity index (χ0v) is 20.7. The summed E-state index contributed by atoms with van der Waals surface area (Å²) in [6.45, 7) is 3.56. The zero-order valence-electron chi connectivity index (χ0n) is 19.8. The first-order valence-corrected chi connectivity index (χ1v) is 13.1. The molecule has 0 spiro atoms. The molecule has 188 valence electrons. The molecule has 0 unspecified atom stereocenters. The average molecular weight is 510 g/mol. The first-order valence-electron chi connectivity index (χ1n) is 11.6. The highest BCUT2D eigenvalue weighted by atomic mass is 32.2. The van der Waals surface area contributed by atoms with Crippen LogP contribution in [0.5, 0.6) is 17.2 Å². The third-order valence-electron chi connectivity index (χ3n) is 6.24. The summed E-state index contributed by atoms with van der Waals surface area (Å²) >= 11 is 0. The highest BCUT2D eigenvalue weighted by Gasteiger charge is 2.24. The van der Waals surface area contributed by atoms with Crippen molar-refractivity contribution in [1.29, 1.82) is 0 Å². The van der Waals surface area contributed by atoms with Gasteiger partial charge in [-0.15, -0.1) is 0 Å². The van der Waals surface area contributed by atoms with Crippen molar-refractivity contribution < 1.29 is 27.4 Å². The Morgan fingerprint density at radius 2 is 1.69 bits per heavy atom. The summed E-state index contributed by atoms with van der Waals surface area (Å²) in [6.07, 6.45) is 0. The molecule has 0 aliphatic carbocycles. The van der Waals surface area contributed by atoms with Crippen LogP contribution >= 0.6 is 0 Å². The van der Waals surface area contributed by atoms with E-state index in [1.807, 2.05) is 18.2 Å². The number of amides is 1. The Morgan fingerprint density at radius 1 is 0.944 bits per heavy atom. The fourth-order valence-electron chi connectivity index (χ4n) is 4.26. The van der Waals surface area contributed by atoms with Crippen LogP contribution in [-0.2, 0) is 16.6 Å². The van der Waals surface area contributed by atoms with Gasteiger partial charge in [0.1, 0.15) is 5.75 Å². The minimum atomic E-state index is -3.86. The summed E-state index contributed by atoms with van der Waals surface area (Å²) < 4.78 is 44.3. The predicted octanol–water partition coefficient (Wildman–Crippen LogP) is 3.18. The lowest BCUT2D eigenvalue weighted by Crippen LogP contribution is -2.48. The van der Waals surface area contributed by atoms with E-state index in [1.54, 1.807) is 48.4 Å². The molecule has 5 rings (SSSR count). The van der Waals surface area contributed by atoms with Gasteiger partial charge in [0.25, 0.3) is 15.9 Å². The second kappa shape index (κ2) is 10.1. The summed E-state index contributed by atoms with van der Waals surface area (Å²) in [5.74, 6) is 1.97. The van der Waals surface area contributed by atoms with Gasteiger partial charge >= 0.3 is 0 Å². The summed E-state index contributed by atoms with van der Waals surface area (Å²) in [5, 5.41) is 0. The van der Waals surface area contributed by atoms with Crippen LogP contribution in [0.1, 0.15) is 15.9 Å². The van der Waals surface area contributed by atoms with Crippen LogP contribution < -0.4 is 18.9 Å². The Kier molecular flexibility index (Phi) is 6.71. The number of nitrogens with zero attached hydrogens (tertiary/aromatic N) is 2. The average Bonchev–Trinajstić information content (AvgIpc) is 3.37. The van der Waals surface area contributed by atoms with Gasteiger partial charge in [-0.25, -0.2) is 8.42 Å². The molecular formula is C26H27N3O6S. The van der Waals surface area contributed by atoms with Gasteiger partial charge in [-0.2, -0.15) is 0 Å². The van der Waals surface area contributed by atoms with Gasteiger partial charge in [-0.3, -0.25) is 14.4 Å². The number of carbonyl (C=O) groups excluding carboxylic acids is 1. The number of hydrogen-bond acceptors (Lipinski definition) is 7. The second-order valence-corrected chi connectivity index (χ2v) is 10.3. The Morgan fingerprint density at radius 3 is 2.44 bits per heavy atom. The summed E-state index contributed by atoms with van der Waals surface area (Å²) in [7, 11) is -2.31. The van der Waals surface area contributed by atoms with Gasteiger partial charge in [0.2, 0.25) is 6.79 Å². The third-order valence-corrected chi connectivity index (χ3v) is 7.62. The van der Waals surface area contributed by atoms with Gasteiger partial charge < -0.3 is 19.1 Å². The van der Waals surface area contributed by atoms with Gasteiger partial charge in [0.05, 0.1) is 12.0 Å². The monoisotopic (exact) mass is 509 g/mol. The van der Waals surface area contributed by atoms with E-state index >= 15 is 0 Å². The van der Waals surface area contributed by atoms with E-state index in [1.165, 1.54) is 12.1 Å². The molecule has 1 saturated heterocycles. The molecule has 3 aromatic rings. The fourth-order valence-corrected chi connectivity index (χ4v) is 5.36. The molecule has 3 aromatic carbocycles. The van der Waals surface area contributed by atoms with E-state index in [-0.39, 0.29) is 17.6 Å².